The summed E-state index contributed by atoms with van der Waals surface area (Å²) in [7, 11) is 2.11. The smallest absolute Gasteiger partial charge is 0.0410 e. The summed E-state index contributed by atoms with van der Waals surface area (Å²) in [4.78, 5) is 2.22. The van der Waals surface area contributed by atoms with Gasteiger partial charge in [-0.2, -0.15) is 0 Å². The molecule has 0 aliphatic heterocycles. The first-order chi connectivity index (χ1) is 8.61. The van der Waals surface area contributed by atoms with Gasteiger partial charge in [0.15, 0.2) is 0 Å². The predicted molar refractivity (Wildman–Crippen MR) is 83.1 cm³/mol. The van der Waals surface area contributed by atoms with Gasteiger partial charge in [0.05, 0.1) is 0 Å². The van der Waals surface area contributed by atoms with Gasteiger partial charge in [0.25, 0.3) is 0 Å². The van der Waals surface area contributed by atoms with E-state index in [4.69, 9.17) is 0 Å². The Morgan fingerprint density at radius 1 is 1.00 bits per heavy atom. The molecule has 1 nitrogen and oxygen atoms in total. The number of alkyl halides is 1. The molecular formula is C16H18BrN. The van der Waals surface area contributed by atoms with E-state index in [9.17, 15) is 0 Å². The van der Waals surface area contributed by atoms with Crippen LogP contribution in [0, 0.1) is 13.8 Å². The van der Waals surface area contributed by atoms with Gasteiger partial charge in [-0.05, 0) is 54.8 Å². The second kappa shape index (κ2) is 5.57. The van der Waals surface area contributed by atoms with E-state index in [0.29, 0.717) is 0 Å². The third-order valence-electron chi connectivity index (χ3n) is 3.25. The zero-order valence-electron chi connectivity index (χ0n) is 11.1. The molecule has 0 bridgehead atoms. The topological polar surface area (TPSA) is 3.24 Å². The molecule has 0 amide bonds. The molecule has 0 aliphatic carbocycles. The number of benzene rings is 2. The lowest BCUT2D eigenvalue weighted by molar-refractivity contribution is 1.18. The molecule has 2 aromatic rings. The number of hydrogen-bond acceptors (Lipinski definition) is 1. The summed E-state index contributed by atoms with van der Waals surface area (Å²) in [5.74, 6) is 0. The summed E-state index contributed by atoms with van der Waals surface area (Å²) in [6.07, 6.45) is 0. The predicted octanol–water partition coefficient (Wildman–Crippen LogP) is 4.97. The van der Waals surface area contributed by atoms with Crippen LogP contribution in [-0.4, -0.2) is 7.05 Å². The highest BCUT2D eigenvalue weighted by molar-refractivity contribution is 9.08. The average molecular weight is 304 g/mol. The SMILES string of the molecule is Cc1cccc(N(C)c2ccc(CBr)c(C)c2)c1. The van der Waals surface area contributed by atoms with Gasteiger partial charge in [-0.1, -0.05) is 34.1 Å². The highest BCUT2D eigenvalue weighted by Crippen LogP contribution is 2.26. The Labute approximate surface area is 118 Å². The van der Waals surface area contributed by atoms with E-state index in [1.807, 2.05) is 0 Å². The fourth-order valence-electron chi connectivity index (χ4n) is 2.02. The lowest BCUT2D eigenvalue weighted by Gasteiger charge is -2.21. The second-order valence-corrected chi connectivity index (χ2v) is 5.20. The van der Waals surface area contributed by atoms with Crippen molar-refractivity contribution in [1.29, 1.82) is 0 Å². The maximum absolute atomic E-state index is 3.51. The van der Waals surface area contributed by atoms with Crippen molar-refractivity contribution in [2.24, 2.45) is 0 Å². The van der Waals surface area contributed by atoms with E-state index in [0.717, 1.165) is 5.33 Å². The molecule has 0 aliphatic rings. The summed E-state index contributed by atoms with van der Waals surface area (Å²) in [6.45, 7) is 4.28. The number of rotatable bonds is 3. The Bertz CT molecular complexity index is 549. The van der Waals surface area contributed by atoms with Crippen LogP contribution < -0.4 is 4.90 Å². The Morgan fingerprint density at radius 2 is 1.72 bits per heavy atom. The Kier molecular flexibility index (Phi) is 4.07. The van der Waals surface area contributed by atoms with Crippen LogP contribution in [0.4, 0.5) is 11.4 Å². The molecule has 0 spiro atoms. The first-order valence-electron chi connectivity index (χ1n) is 6.07. The number of hydrogen-bond donors (Lipinski definition) is 0. The second-order valence-electron chi connectivity index (χ2n) is 4.64. The number of nitrogens with zero attached hydrogens (tertiary/aromatic N) is 1. The maximum Gasteiger partial charge on any atom is 0.0410 e. The van der Waals surface area contributed by atoms with Gasteiger partial charge in [-0.3, -0.25) is 0 Å². The quantitative estimate of drug-likeness (QED) is 0.724. The molecule has 0 aromatic heterocycles. The number of halogens is 1. The monoisotopic (exact) mass is 303 g/mol. The highest BCUT2D eigenvalue weighted by atomic mass is 79.9. The van der Waals surface area contributed by atoms with Crippen molar-refractivity contribution < 1.29 is 0 Å². The van der Waals surface area contributed by atoms with Crippen LogP contribution in [0.1, 0.15) is 16.7 Å². The third-order valence-corrected chi connectivity index (χ3v) is 3.85. The van der Waals surface area contributed by atoms with E-state index < -0.39 is 0 Å². The summed E-state index contributed by atoms with van der Waals surface area (Å²) in [5, 5.41) is 0.910. The fraction of sp³-hybridized carbons (Fsp3) is 0.250. The van der Waals surface area contributed by atoms with Crippen molar-refractivity contribution in [1.82, 2.24) is 0 Å². The third kappa shape index (κ3) is 2.75. The normalized spacial score (nSPS) is 10.4. The fourth-order valence-corrected chi connectivity index (χ4v) is 2.65. The number of aryl methyl sites for hydroxylation is 2. The first-order valence-corrected chi connectivity index (χ1v) is 7.20. The van der Waals surface area contributed by atoms with Gasteiger partial charge in [0.1, 0.15) is 0 Å². The zero-order valence-corrected chi connectivity index (χ0v) is 12.7. The number of anilines is 2. The van der Waals surface area contributed by atoms with Crippen molar-refractivity contribution in [3.63, 3.8) is 0 Å². The minimum Gasteiger partial charge on any atom is -0.345 e. The summed E-state index contributed by atoms with van der Waals surface area (Å²) in [5.41, 5.74) is 6.40. The Morgan fingerprint density at radius 3 is 2.33 bits per heavy atom. The van der Waals surface area contributed by atoms with Crippen LogP contribution in [0.15, 0.2) is 42.5 Å². The van der Waals surface area contributed by atoms with Crippen molar-refractivity contribution in [3.8, 4) is 0 Å². The van der Waals surface area contributed by atoms with Crippen LogP contribution in [0.25, 0.3) is 0 Å². The van der Waals surface area contributed by atoms with E-state index in [1.165, 1.54) is 28.1 Å². The van der Waals surface area contributed by atoms with Gasteiger partial charge < -0.3 is 4.90 Å². The summed E-state index contributed by atoms with van der Waals surface area (Å²) >= 11 is 3.51. The molecular weight excluding hydrogens is 286 g/mol. The molecule has 0 saturated carbocycles. The van der Waals surface area contributed by atoms with E-state index in [-0.39, 0.29) is 0 Å². The maximum atomic E-state index is 3.51. The Hall–Kier alpha value is -1.28. The van der Waals surface area contributed by atoms with Gasteiger partial charge >= 0.3 is 0 Å². The molecule has 18 heavy (non-hydrogen) atoms. The van der Waals surface area contributed by atoms with Gasteiger partial charge in [0, 0.05) is 23.8 Å². The van der Waals surface area contributed by atoms with E-state index in [1.54, 1.807) is 0 Å². The van der Waals surface area contributed by atoms with Gasteiger partial charge in [-0.15, -0.1) is 0 Å². The van der Waals surface area contributed by atoms with Gasteiger partial charge in [-0.25, -0.2) is 0 Å². The molecule has 2 aromatic carbocycles. The highest BCUT2D eigenvalue weighted by Gasteiger charge is 2.05. The van der Waals surface area contributed by atoms with E-state index >= 15 is 0 Å². The molecule has 0 N–H and O–H groups in total. The van der Waals surface area contributed by atoms with Gasteiger partial charge in [0.2, 0.25) is 0 Å². The van der Waals surface area contributed by atoms with Crippen LogP contribution in [0.3, 0.4) is 0 Å². The average Bonchev–Trinajstić information content (AvgIpc) is 2.37. The summed E-state index contributed by atoms with van der Waals surface area (Å²) in [6, 6.07) is 15.2. The van der Waals surface area contributed by atoms with Crippen LogP contribution in [0.5, 0.6) is 0 Å². The molecule has 0 unspecified atom stereocenters. The van der Waals surface area contributed by atoms with Crippen LogP contribution in [0.2, 0.25) is 0 Å². The first kappa shape index (κ1) is 13.2. The van der Waals surface area contributed by atoms with Crippen LogP contribution >= 0.6 is 15.9 Å². The molecule has 0 radical (unpaired) electrons. The summed E-state index contributed by atoms with van der Waals surface area (Å²) < 4.78 is 0. The van der Waals surface area contributed by atoms with Crippen molar-refractivity contribution in [2.75, 3.05) is 11.9 Å². The largest absolute Gasteiger partial charge is 0.345 e. The lowest BCUT2D eigenvalue weighted by Crippen LogP contribution is -2.09. The molecule has 0 saturated heterocycles. The van der Waals surface area contributed by atoms with Crippen molar-refractivity contribution in [2.45, 2.75) is 19.2 Å². The molecule has 94 valence electrons. The molecule has 2 rings (SSSR count). The standard InChI is InChI=1S/C16H18BrN/c1-12-5-4-6-15(9-12)18(3)16-8-7-14(11-17)13(2)10-16/h4-10H,11H2,1-3H3. The van der Waals surface area contributed by atoms with Crippen molar-refractivity contribution in [3.05, 3.63) is 59.2 Å². The van der Waals surface area contributed by atoms with Crippen molar-refractivity contribution >= 4 is 27.3 Å². The molecule has 2 heteroatoms. The molecule has 0 fully saturated rings. The molecule has 0 heterocycles. The Balaban J connectivity index is 2.34. The minimum atomic E-state index is 0.910. The lowest BCUT2D eigenvalue weighted by atomic mass is 10.1. The van der Waals surface area contributed by atoms with E-state index in [2.05, 4.69) is 84.2 Å². The molecule has 0 atom stereocenters. The van der Waals surface area contributed by atoms with Crippen LogP contribution in [-0.2, 0) is 5.33 Å². The minimum absolute atomic E-state index is 0.910. The zero-order chi connectivity index (χ0) is 13.1.